The van der Waals surface area contributed by atoms with Gasteiger partial charge in [-0.2, -0.15) is 0 Å². The minimum atomic E-state index is -1.09. The van der Waals surface area contributed by atoms with Crippen molar-refractivity contribution in [1.29, 1.82) is 0 Å². The molecule has 192 valence electrons. The van der Waals surface area contributed by atoms with Crippen molar-refractivity contribution in [1.82, 2.24) is 10.2 Å². The zero-order valence-electron chi connectivity index (χ0n) is 20.8. The number of nitrogens with one attached hydrogen (secondary N) is 1. The Labute approximate surface area is 218 Å². The summed E-state index contributed by atoms with van der Waals surface area (Å²) in [6.07, 6.45) is -0.191. The van der Waals surface area contributed by atoms with Gasteiger partial charge in [-0.15, -0.1) is 0 Å². The highest BCUT2D eigenvalue weighted by Gasteiger charge is 2.41. The fourth-order valence-corrected chi connectivity index (χ4v) is 5.36. The number of benzene rings is 2. The van der Waals surface area contributed by atoms with Crippen LogP contribution in [0.1, 0.15) is 50.7 Å². The van der Waals surface area contributed by atoms with E-state index in [1.807, 2.05) is 57.2 Å². The number of halogens is 2. The van der Waals surface area contributed by atoms with Crippen LogP contribution in [0.15, 0.2) is 48.5 Å². The summed E-state index contributed by atoms with van der Waals surface area (Å²) in [5.41, 5.74) is 0.553. The Bertz CT molecular complexity index is 988. The van der Waals surface area contributed by atoms with Crippen LogP contribution in [-0.4, -0.2) is 60.1 Å². The molecule has 3 atom stereocenters. The number of aliphatic hydroxyl groups is 1. The molecule has 1 amide bonds. The summed E-state index contributed by atoms with van der Waals surface area (Å²) in [6, 6.07) is 14.8. The van der Waals surface area contributed by atoms with E-state index in [2.05, 4.69) is 10.2 Å². The summed E-state index contributed by atoms with van der Waals surface area (Å²) < 4.78 is 6.02. The topological polar surface area (TPSA) is 82.0 Å². The van der Waals surface area contributed by atoms with E-state index in [-0.39, 0.29) is 12.0 Å². The molecule has 0 aliphatic carbocycles. The minimum Gasteiger partial charge on any atom is -0.465 e. The second-order valence-corrected chi connectivity index (χ2v) is 11.3. The van der Waals surface area contributed by atoms with Crippen molar-refractivity contribution in [3.05, 3.63) is 69.7 Å². The molecule has 0 bridgehead atoms. The van der Waals surface area contributed by atoms with Gasteiger partial charge in [-0.25, -0.2) is 4.79 Å². The van der Waals surface area contributed by atoms with Crippen molar-refractivity contribution in [3.8, 4) is 0 Å². The summed E-state index contributed by atoms with van der Waals surface area (Å²) in [5, 5.41) is 24.5. The average molecular weight is 524 g/mol. The first kappa shape index (κ1) is 27.8. The third kappa shape index (κ3) is 6.89. The highest BCUT2D eigenvalue weighted by molar-refractivity contribution is 6.42. The molecule has 1 fully saturated rings. The molecule has 1 saturated heterocycles. The van der Waals surface area contributed by atoms with Crippen molar-refractivity contribution in [2.24, 2.45) is 5.41 Å². The number of hydrogen-bond acceptors (Lipinski definition) is 4. The molecule has 3 unspecified atom stereocenters. The van der Waals surface area contributed by atoms with E-state index in [0.717, 1.165) is 11.1 Å². The SMILES string of the molecule is COC(CN1CCC(O)(c2ccccc2)CC1)C(c1ccc(Cl)c(Cl)c1)C(NC(=O)O)C(C)(C)C. The first-order valence-electron chi connectivity index (χ1n) is 11.9. The Morgan fingerprint density at radius 2 is 1.74 bits per heavy atom. The van der Waals surface area contributed by atoms with E-state index in [4.69, 9.17) is 27.9 Å². The predicted octanol–water partition coefficient (Wildman–Crippen LogP) is 5.76. The van der Waals surface area contributed by atoms with E-state index in [9.17, 15) is 15.0 Å². The Morgan fingerprint density at radius 3 is 2.26 bits per heavy atom. The lowest BCUT2D eigenvalue weighted by molar-refractivity contribution is -0.0442. The third-order valence-electron chi connectivity index (χ3n) is 7.04. The van der Waals surface area contributed by atoms with Crippen LogP contribution >= 0.6 is 23.2 Å². The Hall–Kier alpha value is -1.83. The molecule has 1 aliphatic rings. The molecule has 8 heteroatoms. The predicted molar refractivity (Wildman–Crippen MR) is 140 cm³/mol. The lowest BCUT2D eigenvalue weighted by atomic mass is 9.73. The van der Waals surface area contributed by atoms with Gasteiger partial charge in [0.15, 0.2) is 0 Å². The maximum Gasteiger partial charge on any atom is 0.404 e. The van der Waals surface area contributed by atoms with Gasteiger partial charge >= 0.3 is 6.09 Å². The van der Waals surface area contributed by atoms with Gasteiger partial charge in [0.1, 0.15) is 0 Å². The summed E-state index contributed by atoms with van der Waals surface area (Å²) in [7, 11) is 1.65. The van der Waals surface area contributed by atoms with E-state index in [1.165, 1.54) is 0 Å². The maximum atomic E-state index is 11.8. The lowest BCUT2D eigenvalue weighted by Crippen LogP contribution is -2.53. The fraction of sp³-hybridized carbons (Fsp3) is 0.519. The molecule has 0 saturated carbocycles. The second kappa shape index (κ2) is 11.5. The van der Waals surface area contributed by atoms with Crippen molar-refractivity contribution < 1.29 is 19.7 Å². The van der Waals surface area contributed by atoms with Crippen LogP contribution in [0.4, 0.5) is 4.79 Å². The van der Waals surface area contributed by atoms with Crippen LogP contribution < -0.4 is 5.32 Å². The summed E-state index contributed by atoms with van der Waals surface area (Å²) in [4.78, 5) is 14.1. The number of hydrogen-bond donors (Lipinski definition) is 3. The smallest absolute Gasteiger partial charge is 0.404 e. The molecule has 3 N–H and O–H groups in total. The van der Waals surface area contributed by atoms with Gasteiger partial charge in [-0.3, -0.25) is 0 Å². The molecular formula is C27H36Cl2N2O4. The van der Waals surface area contributed by atoms with Crippen molar-refractivity contribution in [2.45, 2.75) is 57.3 Å². The fourth-order valence-electron chi connectivity index (χ4n) is 5.05. The van der Waals surface area contributed by atoms with Crippen molar-refractivity contribution in [3.63, 3.8) is 0 Å². The highest BCUT2D eigenvalue weighted by Crippen LogP contribution is 2.39. The molecule has 3 rings (SSSR count). The number of ether oxygens (including phenoxy) is 1. The molecule has 1 heterocycles. The molecule has 0 aromatic heterocycles. The standard InChI is InChI=1S/C27H36Cl2N2O4/c1-26(2,3)24(30-25(32)33)23(18-10-11-20(28)21(29)16-18)22(35-4)17-31-14-12-27(34,13-15-31)19-8-6-5-7-9-19/h5-11,16,22-24,30,34H,12-15,17H2,1-4H3,(H,32,33). The van der Waals surface area contributed by atoms with Crippen LogP contribution in [0.3, 0.4) is 0 Å². The van der Waals surface area contributed by atoms with Crippen molar-refractivity contribution >= 4 is 29.3 Å². The number of methoxy groups -OCH3 is 1. The van der Waals surface area contributed by atoms with Crippen molar-refractivity contribution in [2.75, 3.05) is 26.7 Å². The molecule has 0 spiro atoms. The number of piperidine rings is 1. The molecule has 2 aromatic rings. The monoisotopic (exact) mass is 522 g/mol. The molecule has 35 heavy (non-hydrogen) atoms. The van der Waals surface area contributed by atoms with Crippen LogP contribution in [0.2, 0.25) is 10.0 Å². The number of rotatable bonds is 8. The Kier molecular flexibility index (Phi) is 9.11. The number of carbonyl (C=O) groups is 1. The first-order chi connectivity index (χ1) is 16.4. The average Bonchev–Trinajstić information content (AvgIpc) is 2.81. The Balaban J connectivity index is 1.87. The lowest BCUT2D eigenvalue weighted by Gasteiger charge is -2.44. The number of nitrogens with zero attached hydrogens (tertiary/aromatic N) is 1. The summed E-state index contributed by atoms with van der Waals surface area (Å²) in [5.74, 6) is -0.319. The zero-order chi connectivity index (χ0) is 25.8. The number of amides is 1. The number of likely N-dealkylation sites (tertiary alicyclic amines) is 1. The van der Waals surface area contributed by atoms with Gasteiger partial charge in [0.05, 0.1) is 21.8 Å². The normalized spacial score (nSPS) is 19.1. The molecular weight excluding hydrogens is 487 g/mol. The quantitative estimate of drug-likeness (QED) is 0.410. The molecule has 1 aliphatic heterocycles. The minimum absolute atomic E-state index is 0.319. The van der Waals surface area contributed by atoms with Gasteiger partial charge in [-0.05, 0) is 41.5 Å². The van der Waals surface area contributed by atoms with Crippen LogP contribution in [0.5, 0.6) is 0 Å². The van der Waals surface area contributed by atoms with Gasteiger partial charge in [0.25, 0.3) is 0 Å². The van der Waals surface area contributed by atoms with Crippen LogP contribution in [0.25, 0.3) is 0 Å². The largest absolute Gasteiger partial charge is 0.465 e. The highest BCUT2D eigenvalue weighted by atomic mass is 35.5. The Morgan fingerprint density at radius 1 is 1.11 bits per heavy atom. The summed E-state index contributed by atoms with van der Waals surface area (Å²) >= 11 is 12.5. The molecule has 2 aromatic carbocycles. The molecule has 6 nitrogen and oxygen atoms in total. The van der Waals surface area contributed by atoms with E-state index >= 15 is 0 Å². The summed E-state index contributed by atoms with van der Waals surface area (Å²) in [6.45, 7) is 8.00. The van der Waals surface area contributed by atoms with Gasteiger partial charge < -0.3 is 25.2 Å². The van der Waals surface area contributed by atoms with E-state index in [0.29, 0.717) is 42.5 Å². The van der Waals surface area contributed by atoms with Crippen LogP contribution in [0, 0.1) is 5.41 Å². The van der Waals surface area contributed by atoms with E-state index < -0.39 is 23.2 Å². The second-order valence-electron chi connectivity index (χ2n) is 10.5. The van der Waals surface area contributed by atoms with Gasteiger partial charge in [0, 0.05) is 38.7 Å². The molecule has 0 radical (unpaired) electrons. The van der Waals surface area contributed by atoms with Crippen LogP contribution in [-0.2, 0) is 10.3 Å². The van der Waals surface area contributed by atoms with E-state index in [1.54, 1.807) is 19.2 Å². The van der Waals surface area contributed by atoms with Gasteiger partial charge in [0.2, 0.25) is 0 Å². The number of carboxylic acid groups (broad SMARTS) is 1. The van der Waals surface area contributed by atoms with Gasteiger partial charge in [-0.1, -0.05) is 80.4 Å². The third-order valence-corrected chi connectivity index (χ3v) is 7.77. The maximum absolute atomic E-state index is 11.8. The zero-order valence-corrected chi connectivity index (χ0v) is 22.3. The first-order valence-corrected chi connectivity index (χ1v) is 12.7.